The number of halogens is 4. The molecule has 0 saturated carbocycles. The van der Waals surface area contributed by atoms with Crippen LogP contribution in [0.2, 0.25) is 0 Å². The van der Waals surface area contributed by atoms with Crippen LogP contribution in [0.4, 0.5) is 13.2 Å². The smallest absolute Gasteiger partial charge is 0.352 e. The van der Waals surface area contributed by atoms with Crippen molar-refractivity contribution in [2.75, 3.05) is 33.2 Å². The highest BCUT2D eigenvalue weighted by molar-refractivity contribution is 14.0. The summed E-state index contributed by atoms with van der Waals surface area (Å²) in [7, 11) is 1.66. The Balaban J connectivity index is 0.00000480. The number of benzene rings is 1. The molecule has 1 aliphatic rings. The first-order valence-electron chi connectivity index (χ1n) is 10.3. The number of carbonyl (C=O) groups is 1. The molecule has 1 aliphatic heterocycles. The van der Waals surface area contributed by atoms with Crippen LogP contribution in [0.15, 0.2) is 29.3 Å². The number of aliphatic imine (C=N–C) groups is 1. The molecular formula is C21H33F3IN5O. The van der Waals surface area contributed by atoms with Crippen molar-refractivity contribution in [1.29, 1.82) is 0 Å². The first-order chi connectivity index (χ1) is 14.2. The fourth-order valence-corrected chi connectivity index (χ4v) is 3.27. The summed E-state index contributed by atoms with van der Waals surface area (Å²) in [6.45, 7) is 7.24. The molecule has 1 aromatic rings. The third kappa shape index (κ3) is 8.13. The second-order valence-corrected chi connectivity index (χ2v) is 7.62. The van der Waals surface area contributed by atoms with Gasteiger partial charge >= 0.3 is 6.18 Å². The maximum atomic E-state index is 12.9. The van der Waals surface area contributed by atoms with Gasteiger partial charge in [-0.1, -0.05) is 19.1 Å². The first kappa shape index (κ1) is 27.5. The lowest BCUT2D eigenvalue weighted by Crippen LogP contribution is -2.56. The molecule has 6 nitrogen and oxygen atoms in total. The van der Waals surface area contributed by atoms with Crippen molar-refractivity contribution in [3.05, 3.63) is 35.4 Å². The van der Waals surface area contributed by atoms with Crippen LogP contribution in [0.5, 0.6) is 0 Å². The zero-order valence-corrected chi connectivity index (χ0v) is 20.8. The van der Waals surface area contributed by atoms with Crippen LogP contribution >= 0.6 is 24.0 Å². The molecule has 1 heterocycles. The molecule has 0 radical (unpaired) electrons. The minimum Gasteiger partial charge on any atom is -0.352 e. The van der Waals surface area contributed by atoms with Crippen molar-refractivity contribution in [2.45, 2.75) is 52.0 Å². The number of alkyl halides is 3. The average Bonchev–Trinajstić information content (AvgIpc) is 2.73. The fourth-order valence-electron chi connectivity index (χ4n) is 3.27. The lowest BCUT2D eigenvalue weighted by atomic mass is 10.1. The van der Waals surface area contributed by atoms with Gasteiger partial charge in [-0.05, 0) is 38.0 Å². The quantitative estimate of drug-likeness (QED) is 0.321. The van der Waals surface area contributed by atoms with Crippen LogP contribution in [0, 0.1) is 0 Å². The molecule has 1 aromatic carbocycles. The van der Waals surface area contributed by atoms with E-state index in [1.807, 2.05) is 36.9 Å². The van der Waals surface area contributed by atoms with Crippen molar-refractivity contribution >= 4 is 35.8 Å². The molecule has 2 unspecified atom stereocenters. The minimum absolute atomic E-state index is 0. The SMILES string of the molecule is CCC(C)NC(=O)c1cccc(CNC(=NC)N2CCN(C(C)C(F)(F)F)CC2)c1.I. The molecular weight excluding hydrogens is 522 g/mol. The molecule has 0 spiro atoms. The van der Waals surface area contributed by atoms with E-state index in [4.69, 9.17) is 0 Å². The van der Waals surface area contributed by atoms with Crippen molar-refractivity contribution in [2.24, 2.45) is 4.99 Å². The van der Waals surface area contributed by atoms with E-state index >= 15 is 0 Å². The Hall–Kier alpha value is -1.56. The molecule has 10 heteroatoms. The Bertz CT molecular complexity index is 736. The van der Waals surface area contributed by atoms with Crippen LogP contribution in [0.3, 0.4) is 0 Å². The third-order valence-electron chi connectivity index (χ3n) is 5.48. The van der Waals surface area contributed by atoms with Crippen molar-refractivity contribution in [1.82, 2.24) is 20.4 Å². The van der Waals surface area contributed by atoms with E-state index in [1.165, 1.54) is 11.8 Å². The van der Waals surface area contributed by atoms with Gasteiger partial charge in [0, 0.05) is 51.4 Å². The molecule has 0 bridgehead atoms. The molecule has 176 valence electrons. The summed E-state index contributed by atoms with van der Waals surface area (Å²) < 4.78 is 38.8. The van der Waals surface area contributed by atoms with Gasteiger partial charge in [0.15, 0.2) is 5.96 Å². The number of piperazine rings is 1. The normalized spacial score (nSPS) is 17.5. The van der Waals surface area contributed by atoms with Gasteiger partial charge in [0.25, 0.3) is 5.91 Å². The molecule has 2 rings (SSSR count). The summed E-state index contributed by atoms with van der Waals surface area (Å²) in [5, 5.41) is 6.20. The predicted molar refractivity (Wildman–Crippen MR) is 128 cm³/mol. The summed E-state index contributed by atoms with van der Waals surface area (Å²) in [6.07, 6.45) is -3.35. The number of nitrogens with one attached hydrogen (secondary N) is 2. The first-order valence-corrected chi connectivity index (χ1v) is 10.3. The largest absolute Gasteiger partial charge is 0.403 e. The van der Waals surface area contributed by atoms with E-state index in [0.29, 0.717) is 44.2 Å². The minimum atomic E-state index is -4.21. The summed E-state index contributed by atoms with van der Waals surface area (Å²) in [5.41, 5.74) is 1.52. The summed E-state index contributed by atoms with van der Waals surface area (Å²) >= 11 is 0. The third-order valence-corrected chi connectivity index (χ3v) is 5.48. The molecule has 0 aliphatic carbocycles. The zero-order valence-electron chi connectivity index (χ0n) is 18.5. The number of carbonyl (C=O) groups excluding carboxylic acids is 1. The van der Waals surface area contributed by atoms with Crippen LogP contribution in [0.25, 0.3) is 0 Å². The van der Waals surface area contributed by atoms with Crippen LogP contribution in [-0.2, 0) is 6.54 Å². The highest BCUT2D eigenvalue weighted by Gasteiger charge is 2.41. The molecule has 1 fully saturated rings. The lowest BCUT2D eigenvalue weighted by Gasteiger charge is -2.39. The van der Waals surface area contributed by atoms with Gasteiger partial charge in [-0.25, -0.2) is 0 Å². The Labute approximate surface area is 199 Å². The number of hydrogen-bond donors (Lipinski definition) is 2. The Morgan fingerprint density at radius 1 is 1.19 bits per heavy atom. The van der Waals surface area contributed by atoms with E-state index in [9.17, 15) is 18.0 Å². The monoisotopic (exact) mass is 555 g/mol. The van der Waals surface area contributed by atoms with Gasteiger partial charge in [0.05, 0.1) is 0 Å². The molecule has 1 amide bonds. The highest BCUT2D eigenvalue weighted by atomic mass is 127. The molecule has 2 atom stereocenters. The fraction of sp³-hybridized carbons (Fsp3) is 0.619. The Morgan fingerprint density at radius 2 is 1.84 bits per heavy atom. The van der Waals surface area contributed by atoms with Crippen molar-refractivity contribution < 1.29 is 18.0 Å². The number of hydrogen-bond acceptors (Lipinski definition) is 3. The predicted octanol–water partition coefficient (Wildman–Crippen LogP) is 3.48. The molecule has 31 heavy (non-hydrogen) atoms. The summed E-state index contributed by atoms with van der Waals surface area (Å²) in [5.74, 6) is 0.536. The summed E-state index contributed by atoms with van der Waals surface area (Å²) in [6, 6.07) is 6.03. The van der Waals surface area contributed by atoms with Gasteiger partial charge < -0.3 is 15.5 Å². The maximum Gasteiger partial charge on any atom is 0.403 e. The number of amides is 1. The standard InChI is InChI=1S/C21H32F3N5O.HI/c1-5-15(2)27-19(30)18-8-6-7-17(13-18)14-26-20(25-4)29-11-9-28(10-12-29)16(3)21(22,23)24;/h6-8,13,15-16H,5,9-12,14H2,1-4H3,(H,25,26)(H,27,30);1H. The Kier molecular flexibility index (Phi) is 11.1. The van der Waals surface area contributed by atoms with E-state index in [2.05, 4.69) is 15.6 Å². The van der Waals surface area contributed by atoms with E-state index in [1.54, 1.807) is 13.1 Å². The van der Waals surface area contributed by atoms with E-state index < -0.39 is 12.2 Å². The van der Waals surface area contributed by atoms with Gasteiger partial charge in [-0.2, -0.15) is 13.2 Å². The van der Waals surface area contributed by atoms with Gasteiger partial charge in [-0.15, -0.1) is 24.0 Å². The molecule has 0 aromatic heterocycles. The maximum absolute atomic E-state index is 12.9. The van der Waals surface area contributed by atoms with Gasteiger partial charge in [-0.3, -0.25) is 14.7 Å². The van der Waals surface area contributed by atoms with Gasteiger partial charge in [0.1, 0.15) is 6.04 Å². The molecule has 2 N–H and O–H groups in total. The average molecular weight is 555 g/mol. The van der Waals surface area contributed by atoms with Crippen molar-refractivity contribution in [3.63, 3.8) is 0 Å². The van der Waals surface area contributed by atoms with Crippen LogP contribution in [0.1, 0.15) is 43.1 Å². The van der Waals surface area contributed by atoms with Gasteiger partial charge in [0.2, 0.25) is 0 Å². The second kappa shape index (κ2) is 12.5. The van der Waals surface area contributed by atoms with E-state index in [0.717, 1.165) is 12.0 Å². The van der Waals surface area contributed by atoms with Crippen molar-refractivity contribution in [3.8, 4) is 0 Å². The van der Waals surface area contributed by atoms with Crippen LogP contribution in [-0.4, -0.2) is 73.2 Å². The lowest BCUT2D eigenvalue weighted by molar-refractivity contribution is -0.181. The topological polar surface area (TPSA) is 60.0 Å². The second-order valence-electron chi connectivity index (χ2n) is 7.62. The summed E-state index contributed by atoms with van der Waals surface area (Å²) in [4.78, 5) is 20.0. The Morgan fingerprint density at radius 3 is 2.39 bits per heavy atom. The molecule has 1 saturated heterocycles. The number of nitrogens with zero attached hydrogens (tertiary/aromatic N) is 3. The number of rotatable bonds is 6. The highest BCUT2D eigenvalue weighted by Crippen LogP contribution is 2.25. The zero-order chi connectivity index (χ0) is 22.3. The van der Waals surface area contributed by atoms with E-state index in [-0.39, 0.29) is 35.9 Å². The van der Waals surface area contributed by atoms with Crippen LogP contribution < -0.4 is 10.6 Å². The number of guanidine groups is 1.